The summed E-state index contributed by atoms with van der Waals surface area (Å²) >= 11 is 0. The van der Waals surface area contributed by atoms with Gasteiger partial charge in [0.1, 0.15) is 5.75 Å². The number of carbonyl (C=O) groups excluding carboxylic acids is 1. The van der Waals surface area contributed by atoms with E-state index in [2.05, 4.69) is 15.4 Å². The third-order valence-electron chi connectivity index (χ3n) is 3.72. The molecule has 0 aliphatic rings. The fraction of sp³-hybridized carbons (Fsp3) is 0.167. The number of nitrogens with one attached hydrogen (secondary N) is 2. The Kier molecular flexibility index (Phi) is 4.75. The summed E-state index contributed by atoms with van der Waals surface area (Å²) in [5.74, 6) is -0.352. The van der Waals surface area contributed by atoms with Crippen LogP contribution in [-0.2, 0) is 6.54 Å². The highest BCUT2D eigenvalue weighted by molar-refractivity contribution is 6.06. The standard InChI is InChI=1S/C18H16F3N3O2/c1-2-24-11-15(14-5-3-4-6-16(14)24)23-17(25)22-12-7-9-13(10-8-12)26-18(19,20)21/h3-11H,2H2,1H3,(H2,22,23,25). The summed E-state index contributed by atoms with van der Waals surface area (Å²) < 4.78 is 42.2. The molecule has 0 aliphatic heterocycles. The second-order valence-electron chi connectivity index (χ2n) is 5.50. The van der Waals surface area contributed by atoms with Crippen molar-refractivity contribution in [2.24, 2.45) is 0 Å². The zero-order valence-corrected chi connectivity index (χ0v) is 13.8. The maximum Gasteiger partial charge on any atom is 0.573 e. The Hall–Kier alpha value is -3.16. The molecule has 2 N–H and O–H groups in total. The van der Waals surface area contributed by atoms with Gasteiger partial charge in [-0.2, -0.15) is 0 Å². The number of nitrogens with zero attached hydrogens (tertiary/aromatic N) is 1. The number of halogens is 3. The Labute approximate surface area is 147 Å². The normalized spacial score (nSPS) is 11.4. The van der Waals surface area contributed by atoms with Crippen LogP contribution in [-0.4, -0.2) is 17.0 Å². The predicted octanol–water partition coefficient (Wildman–Crippen LogP) is 5.20. The molecule has 0 aliphatic carbocycles. The van der Waals surface area contributed by atoms with Crippen LogP contribution in [0.3, 0.4) is 0 Å². The summed E-state index contributed by atoms with van der Waals surface area (Å²) in [6.07, 6.45) is -2.91. The summed E-state index contributed by atoms with van der Waals surface area (Å²) in [6.45, 7) is 2.76. The Bertz CT molecular complexity index is 918. The first-order valence-corrected chi connectivity index (χ1v) is 7.87. The summed E-state index contributed by atoms with van der Waals surface area (Å²) in [5.41, 5.74) is 1.99. The average Bonchev–Trinajstić information content (AvgIpc) is 2.93. The number of amides is 2. The molecule has 0 spiro atoms. The van der Waals surface area contributed by atoms with Crippen molar-refractivity contribution in [3.8, 4) is 5.75 Å². The minimum Gasteiger partial charge on any atom is -0.406 e. The molecular formula is C18H16F3N3O2. The molecular weight excluding hydrogens is 347 g/mol. The van der Waals surface area contributed by atoms with E-state index in [1.807, 2.05) is 42.0 Å². The number of alkyl halides is 3. The highest BCUT2D eigenvalue weighted by Gasteiger charge is 2.30. The van der Waals surface area contributed by atoms with Gasteiger partial charge in [0, 0.05) is 23.8 Å². The van der Waals surface area contributed by atoms with Gasteiger partial charge in [0.2, 0.25) is 0 Å². The largest absolute Gasteiger partial charge is 0.573 e. The smallest absolute Gasteiger partial charge is 0.406 e. The zero-order valence-electron chi connectivity index (χ0n) is 13.8. The van der Waals surface area contributed by atoms with E-state index in [9.17, 15) is 18.0 Å². The van der Waals surface area contributed by atoms with Gasteiger partial charge in [-0.1, -0.05) is 18.2 Å². The number of carbonyl (C=O) groups is 1. The average molecular weight is 363 g/mol. The van der Waals surface area contributed by atoms with Crippen LogP contribution in [0.4, 0.5) is 29.3 Å². The number of para-hydroxylation sites is 1. The van der Waals surface area contributed by atoms with Gasteiger partial charge in [-0.3, -0.25) is 0 Å². The third-order valence-corrected chi connectivity index (χ3v) is 3.72. The summed E-state index contributed by atoms with van der Waals surface area (Å²) in [5, 5.41) is 6.24. The molecule has 2 aromatic carbocycles. The molecule has 0 atom stereocenters. The quantitative estimate of drug-likeness (QED) is 0.669. The molecule has 1 aromatic heterocycles. The molecule has 26 heavy (non-hydrogen) atoms. The number of anilines is 2. The topological polar surface area (TPSA) is 55.3 Å². The number of hydrogen-bond donors (Lipinski definition) is 2. The summed E-state index contributed by atoms with van der Waals surface area (Å²) in [4.78, 5) is 12.2. The Morgan fingerprint density at radius 2 is 1.77 bits per heavy atom. The maximum atomic E-state index is 12.2. The molecule has 0 radical (unpaired) electrons. The van der Waals surface area contributed by atoms with E-state index in [0.717, 1.165) is 29.6 Å². The molecule has 0 saturated heterocycles. The lowest BCUT2D eigenvalue weighted by Crippen LogP contribution is -2.19. The fourth-order valence-electron chi connectivity index (χ4n) is 2.63. The minimum absolute atomic E-state index is 0.344. The number of aromatic nitrogens is 1. The van der Waals surface area contributed by atoms with Crippen molar-refractivity contribution in [3.05, 3.63) is 54.7 Å². The SMILES string of the molecule is CCn1cc(NC(=O)Nc2ccc(OC(F)(F)F)cc2)c2ccccc21. The lowest BCUT2D eigenvalue weighted by atomic mass is 10.2. The highest BCUT2D eigenvalue weighted by Crippen LogP contribution is 2.27. The van der Waals surface area contributed by atoms with Gasteiger partial charge in [-0.05, 0) is 37.3 Å². The van der Waals surface area contributed by atoms with Crippen LogP contribution in [0.1, 0.15) is 6.92 Å². The summed E-state index contributed by atoms with van der Waals surface area (Å²) in [7, 11) is 0. The van der Waals surface area contributed by atoms with Crippen LogP contribution in [0, 0.1) is 0 Å². The van der Waals surface area contributed by atoms with Crippen LogP contribution in [0.25, 0.3) is 10.9 Å². The predicted molar refractivity (Wildman–Crippen MR) is 93.4 cm³/mol. The van der Waals surface area contributed by atoms with Crippen LogP contribution in [0.5, 0.6) is 5.75 Å². The fourth-order valence-corrected chi connectivity index (χ4v) is 2.63. The molecule has 2 amide bonds. The van der Waals surface area contributed by atoms with Crippen molar-refractivity contribution >= 4 is 28.3 Å². The van der Waals surface area contributed by atoms with Crippen molar-refractivity contribution < 1.29 is 22.7 Å². The molecule has 0 fully saturated rings. The first-order valence-electron chi connectivity index (χ1n) is 7.87. The van der Waals surface area contributed by atoms with E-state index < -0.39 is 12.4 Å². The second-order valence-corrected chi connectivity index (χ2v) is 5.50. The molecule has 5 nitrogen and oxygen atoms in total. The number of ether oxygens (including phenoxy) is 1. The van der Waals surface area contributed by atoms with E-state index in [4.69, 9.17) is 0 Å². The number of aryl methyl sites for hydroxylation is 1. The van der Waals surface area contributed by atoms with Gasteiger partial charge >= 0.3 is 12.4 Å². The van der Waals surface area contributed by atoms with Gasteiger partial charge in [0.05, 0.1) is 11.2 Å². The number of rotatable bonds is 4. The van der Waals surface area contributed by atoms with Crippen LogP contribution in [0.15, 0.2) is 54.7 Å². The number of hydrogen-bond acceptors (Lipinski definition) is 2. The number of fused-ring (bicyclic) bond motifs is 1. The zero-order chi connectivity index (χ0) is 18.7. The lowest BCUT2D eigenvalue weighted by Gasteiger charge is -2.10. The van der Waals surface area contributed by atoms with Gasteiger partial charge in [-0.25, -0.2) is 4.79 Å². The Balaban J connectivity index is 1.70. The van der Waals surface area contributed by atoms with Crippen LogP contribution >= 0.6 is 0 Å². The van der Waals surface area contributed by atoms with E-state index in [0.29, 0.717) is 11.4 Å². The van der Waals surface area contributed by atoms with Crippen molar-refractivity contribution in [1.82, 2.24) is 4.57 Å². The van der Waals surface area contributed by atoms with Gasteiger partial charge in [0.25, 0.3) is 0 Å². The molecule has 0 unspecified atom stereocenters. The minimum atomic E-state index is -4.75. The Morgan fingerprint density at radius 3 is 2.42 bits per heavy atom. The third kappa shape index (κ3) is 4.08. The second kappa shape index (κ2) is 6.99. The van der Waals surface area contributed by atoms with Crippen molar-refractivity contribution in [3.63, 3.8) is 0 Å². The monoisotopic (exact) mass is 363 g/mol. The van der Waals surface area contributed by atoms with Gasteiger partial charge in [-0.15, -0.1) is 13.2 Å². The van der Waals surface area contributed by atoms with E-state index >= 15 is 0 Å². The van der Waals surface area contributed by atoms with Crippen molar-refractivity contribution in [2.75, 3.05) is 10.6 Å². The molecule has 0 bridgehead atoms. The molecule has 0 saturated carbocycles. The maximum absolute atomic E-state index is 12.2. The lowest BCUT2D eigenvalue weighted by molar-refractivity contribution is -0.274. The van der Waals surface area contributed by atoms with Crippen LogP contribution in [0.2, 0.25) is 0 Å². The number of benzene rings is 2. The molecule has 3 rings (SSSR count). The molecule has 8 heteroatoms. The van der Waals surface area contributed by atoms with Crippen molar-refractivity contribution in [2.45, 2.75) is 19.8 Å². The highest BCUT2D eigenvalue weighted by atomic mass is 19.4. The van der Waals surface area contributed by atoms with Gasteiger partial charge < -0.3 is 19.9 Å². The Morgan fingerprint density at radius 1 is 1.08 bits per heavy atom. The first-order chi connectivity index (χ1) is 12.4. The van der Waals surface area contributed by atoms with Crippen molar-refractivity contribution in [1.29, 1.82) is 0 Å². The van der Waals surface area contributed by atoms with E-state index in [1.165, 1.54) is 12.1 Å². The van der Waals surface area contributed by atoms with E-state index in [1.54, 1.807) is 0 Å². The summed E-state index contributed by atoms with van der Waals surface area (Å²) in [6, 6.07) is 12.1. The molecule has 136 valence electrons. The van der Waals surface area contributed by atoms with Crippen LogP contribution < -0.4 is 15.4 Å². The number of urea groups is 1. The van der Waals surface area contributed by atoms with Gasteiger partial charge in [0.15, 0.2) is 0 Å². The first kappa shape index (κ1) is 17.7. The van der Waals surface area contributed by atoms with E-state index in [-0.39, 0.29) is 5.75 Å². The molecule has 1 heterocycles. The molecule has 3 aromatic rings.